The first-order valence-electron chi connectivity index (χ1n) is 8.76. The second-order valence-electron chi connectivity index (χ2n) is 7.10. The zero-order valence-corrected chi connectivity index (χ0v) is 14.4. The topological polar surface area (TPSA) is 46.4 Å². The number of ether oxygens (including phenoxy) is 1. The van der Waals surface area contributed by atoms with Crippen molar-refractivity contribution in [2.45, 2.75) is 39.4 Å². The molecule has 128 valence electrons. The van der Waals surface area contributed by atoms with Crippen molar-refractivity contribution >= 4 is 11.2 Å². The minimum atomic E-state index is 0.535. The number of rotatable bonds is 6. The molecule has 0 radical (unpaired) electrons. The van der Waals surface area contributed by atoms with Gasteiger partial charge in [0.2, 0.25) is 0 Å². The Hall–Kier alpha value is -2.08. The van der Waals surface area contributed by atoms with Crippen molar-refractivity contribution in [1.29, 1.82) is 0 Å². The smallest absolute Gasteiger partial charge is 0.177 e. The molecule has 0 saturated carbocycles. The Balaban J connectivity index is 1.52. The van der Waals surface area contributed by atoms with Crippen LogP contribution >= 0.6 is 0 Å². The normalized spacial score (nSPS) is 18.1. The molecule has 6 nitrogen and oxygen atoms in total. The second-order valence-corrected chi connectivity index (χ2v) is 7.10. The van der Waals surface area contributed by atoms with E-state index in [-0.39, 0.29) is 0 Å². The van der Waals surface area contributed by atoms with Gasteiger partial charge in [0.1, 0.15) is 5.82 Å². The Morgan fingerprint density at radius 2 is 2.17 bits per heavy atom. The van der Waals surface area contributed by atoms with E-state index in [1.54, 1.807) is 0 Å². The molecule has 0 atom stereocenters. The Morgan fingerprint density at radius 3 is 2.92 bits per heavy atom. The monoisotopic (exact) mass is 327 g/mol. The van der Waals surface area contributed by atoms with Crippen LogP contribution < -0.4 is 0 Å². The molecule has 0 spiro atoms. The quantitative estimate of drug-likeness (QED) is 0.815. The van der Waals surface area contributed by atoms with Crippen molar-refractivity contribution in [2.24, 2.45) is 5.92 Å². The lowest BCUT2D eigenvalue weighted by Crippen LogP contribution is -2.47. The molecule has 6 heteroatoms. The van der Waals surface area contributed by atoms with Crippen LogP contribution in [-0.4, -0.2) is 50.3 Å². The van der Waals surface area contributed by atoms with E-state index in [2.05, 4.69) is 51.7 Å². The summed E-state index contributed by atoms with van der Waals surface area (Å²) in [6.07, 6.45) is 7.30. The van der Waals surface area contributed by atoms with Gasteiger partial charge >= 0.3 is 0 Å². The minimum absolute atomic E-state index is 0.535. The average molecular weight is 327 g/mol. The van der Waals surface area contributed by atoms with Crippen molar-refractivity contribution < 1.29 is 4.74 Å². The Labute approximate surface area is 142 Å². The first-order chi connectivity index (χ1) is 11.7. The molecule has 2 aromatic heterocycles. The summed E-state index contributed by atoms with van der Waals surface area (Å²) in [5, 5.41) is 0. The van der Waals surface area contributed by atoms with Gasteiger partial charge in [0, 0.05) is 25.1 Å². The van der Waals surface area contributed by atoms with Crippen LogP contribution in [0.25, 0.3) is 11.2 Å². The van der Waals surface area contributed by atoms with E-state index in [1.807, 2.05) is 12.3 Å². The Kier molecular flexibility index (Phi) is 4.14. The summed E-state index contributed by atoms with van der Waals surface area (Å²) in [6, 6.07) is 4.65. The molecule has 0 N–H and O–H groups in total. The predicted molar refractivity (Wildman–Crippen MR) is 93.0 cm³/mol. The molecule has 2 aromatic rings. The van der Waals surface area contributed by atoms with Gasteiger partial charge in [-0.2, -0.15) is 0 Å². The number of fused-ring (bicyclic) bond motifs is 1. The highest BCUT2D eigenvalue weighted by molar-refractivity contribution is 5.71. The summed E-state index contributed by atoms with van der Waals surface area (Å²) in [4.78, 5) is 13.9. The van der Waals surface area contributed by atoms with Crippen LogP contribution in [0, 0.1) is 5.92 Å². The van der Waals surface area contributed by atoms with E-state index in [4.69, 9.17) is 9.72 Å². The molecular formula is C18H25N5O. The summed E-state index contributed by atoms with van der Waals surface area (Å²) in [5.74, 6) is 1.77. The van der Waals surface area contributed by atoms with E-state index in [9.17, 15) is 0 Å². The highest BCUT2D eigenvalue weighted by Gasteiger charge is 2.27. The summed E-state index contributed by atoms with van der Waals surface area (Å²) in [5.41, 5.74) is 1.99. The third kappa shape index (κ3) is 2.98. The number of pyridine rings is 1. The lowest BCUT2D eigenvalue weighted by atomic mass is 10.1. The molecule has 4 heterocycles. The van der Waals surface area contributed by atoms with Crippen LogP contribution in [0.2, 0.25) is 0 Å². The van der Waals surface area contributed by atoms with Gasteiger partial charge in [-0.25, -0.2) is 9.97 Å². The van der Waals surface area contributed by atoms with Gasteiger partial charge in [0.15, 0.2) is 5.65 Å². The molecule has 2 aliphatic heterocycles. The van der Waals surface area contributed by atoms with Crippen LogP contribution in [0.15, 0.2) is 30.7 Å². The fourth-order valence-electron chi connectivity index (χ4n) is 3.18. The maximum absolute atomic E-state index is 5.30. The standard InChI is InChI=1S/C18H25N5O/c1-14(2)5-7-23-16-4-3-6-19-18(16)20-17(23)10-21-8-9-22(13-21)15-11-24-12-15/h3-4,6,8-9,14-15H,5,7,10-13H2,1-2H3. The summed E-state index contributed by atoms with van der Waals surface area (Å²) >= 11 is 0. The Morgan fingerprint density at radius 1 is 1.29 bits per heavy atom. The van der Waals surface area contributed by atoms with Gasteiger partial charge in [-0.15, -0.1) is 0 Å². The van der Waals surface area contributed by atoms with Crippen LogP contribution in [0.4, 0.5) is 0 Å². The molecule has 0 amide bonds. The zero-order chi connectivity index (χ0) is 16.5. The predicted octanol–water partition coefficient (Wildman–Crippen LogP) is 2.42. The van der Waals surface area contributed by atoms with Gasteiger partial charge in [-0.3, -0.25) is 0 Å². The molecule has 24 heavy (non-hydrogen) atoms. The SMILES string of the molecule is CC(C)CCn1c(CN2C=CN(C3COC3)C2)nc2ncccc21. The first kappa shape index (κ1) is 15.4. The zero-order valence-electron chi connectivity index (χ0n) is 14.4. The third-order valence-corrected chi connectivity index (χ3v) is 4.78. The van der Waals surface area contributed by atoms with Crippen molar-refractivity contribution in [2.75, 3.05) is 19.9 Å². The minimum Gasteiger partial charge on any atom is -0.377 e. The molecule has 1 fully saturated rings. The lowest BCUT2D eigenvalue weighted by Gasteiger charge is -2.35. The van der Waals surface area contributed by atoms with Gasteiger partial charge in [0.25, 0.3) is 0 Å². The van der Waals surface area contributed by atoms with Gasteiger partial charge < -0.3 is 19.1 Å². The Bertz CT molecular complexity index is 734. The lowest BCUT2D eigenvalue weighted by molar-refractivity contribution is -0.0532. The summed E-state index contributed by atoms with van der Waals surface area (Å²) in [7, 11) is 0. The van der Waals surface area contributed by atoms with E-state index >= 15 is 0 Å². The second kappa shape index (κ2) is 6.43. The molecule has 2 aliphatic rings. The van der Waals surface area contributed by atoms with Crippen molar-refractivity contribution in [3.8, 4) is 0 Å². The summed E-state index contributed by atoms with van der Waals surface area (Å²) in [6.45, 7) is 8.93. The molecular weight excluding hydrogens is 302 g/mol. The van der Waals surface area contributed by atoms with Gasteiger partial charge in [-0.1, -0.05) is 13.8 Å². The number of hydrogen-bond donors (Lipinski definition) is 0. The molecule has 0 aromatic carbocycles. The molecule has 0 unspecified atom stereocenters. The number of nitrogens with zero attached hydrogens (tertiary/aromatic N) is 5. The molecule has 4 rings (SSSR count). The van der Waals surface area contributed by atoms with E-state index in [0.717, 1.165) is 56.4 Å². The van der Waals surface area contributed by atoms with Crippen molar-refractivity contribution in [1.82, 2.24) is 24.3 Å². The molecule has 0 aliphatic carbocycles. The van der Waals surface area contributed by atoms with Gasteiger partial charge in [0.05, 0.1) is 38.0 Å². The number of aromatic nitrogens is 3. The maximum atomic E-state index is 5.30. The number of imidazole rings is 1. The van der Waals surface area contributed by atoms with Crippen LogP contribution in [-0.2, 0) is 17.8 Å². The third-order valence-electron chi connectivity index (χ3n) is 4.78. The largest absolute Gasteiger partial charge is 0.377 e. The number of hydrogen-bond acceptors (Lipinski definition) is 5. The molecule has 0 bridgehead atoms. The van der Waals surface area contributed by atoms with Crippen LogP contribution in [0.3, 0.4) is 0 Å². The van der Waals surface area contributed by atoms with Crippen molar-refractivity contribution in [3.63, 3.8) is 0 Å². The summed E-state index contributed by atoms with van der Waals surface area (Å²) < 4.78 is 7.63. The van der Waals surface area contributed by atoms with Crippen LogP contribution in [0.5, 0.6) is 0 Å². The molecule has 1 saturated heterocycles. The first-order valence-corrected chi connectivity index (χ1v) is 8.76. The maximum Gasteiger partial charge on any atom is 0.177 e. The highest BCUT2D eigenvalue weighted by Crippen LogP contribution is 2.21. The van der Waals surface area contributed by atoms with E-state index < -0.39 is 0 Å². The van der Waals surface area contributed by atoms with E-state index in [0.29, 0.717) is 12.0 Å². The van der Waals surface area contributed by atoms with Crippen LogP contribution in [0.1, 0.15) is 26.1 Å². The number of aryl methyl sites for hydroxylation is 1. The average Bonchev–Trinajstić information content (AvgIpc) is 3.08. The highest BCUT2D eigenvalue weighted by atomic mass is 16.5. The fraction of sp³-hybridized carbons (Fsp3) is 0.556. The fourth-order valence-corrected chi connectivity index (χ4v) is 3.18. The van der Waals surface area contributed by atoms with Gasteiger partial charge in [-0.05, 0) is 24.5 Å². The van der Waals surface area contributed by atoms with Crippen molar-refractivity contribution in [3.05, 3.63) is 36.6 Å². The van der Waals surface area contributed by atoms with E-state index in [1.165, 1.54) is 0 Å².